The molecule has 4 nitrogen and oxygen atoms in total. The van der Waals surface area contributed by atoms with Gasteiger partial charge in [0, 0.05) is 19.5 Å². The monoisotopic (exact) mass is 373 g/mol. The van der Waals surface area contributed by atoms with Crippen LogP contribution in [0.15, 0.2) is 18.2 Å². The molecule has 0 bridgehead atoms. The van der Waals surface area contributed by atoms with E-state index in [1.54, 1.807) is 11.3 Å². The molecule has 2 aromatic rings. The lowest BCUT2D eigenvalue weighted by Gasteiger charge is -2.34. The van der Waals surface area contributed by atoms with Crippen LogP contribution in [0.25, 0.3) is 10.2 Å². The number of hydrogen-bond donors (Lipinski definition) is 2. The Labute approximate surface area is 160 Å². The predicted molar refractivity (Wildman–Crippen MR) is 110 cm³/mol. The Morgan fingerprint density at radius 2 is 2.08 bits per heavy atom. The molecule has 0 spiro atoms. The fraction of sp³-hybridized carbons (Fsp3) is 0.619. The smallest absolute Gasteiger partial charge is 0.227 e. The number of aromatic nitrogens is 1. The molecule has 3 rings (SSSR count). The zero-order valence-corrected chi connectivity index (χ0v) is 16.8. The van der Waals surface area contributed by atoms with E-state index in [1.807, 2.05) is 0 Å². The molecule has 1 aromatic heterocycles. The molecule has 142 valence electrons. The summed E-state index contributed by atoms with van der Waals surface area (Å²) in [6.45, 7) is 5.60. The molecule has 0 saturated heterocycles. The van der Waals surface area contributed by atoms with Crippen LogP contribution in [0.2, 0.25) is 0 Å². The molecule has 0 unspecified atom stereocenters. The van der Waals surface area contributed by atoms with Crippen molar-refractivity contribution in [3.05, 3.63) is 28.8 Å². The van der Waals surface area contributed by atoms with Crippen molar-refractivity contribution in [2.45, 2.75) is 64.7 Å². The van der Waals surface area contributed by atoms with Gasteiger partial charge in [-0.3, -0.25) is 4.79 Å². The van der Waals surface area contributed by atoms with Gasteiger partial charge < -0.3 is 11.1 Å². The molecule has 1 aromatic carbocycles. The molecule has 3 N–H and O–H groups in total. The number of carbonyl (C=O) groups is 1. The SMILES string of the molecule is CC(C)c1ccc2nc(CCCNC(=O)C3(CN)CCCCC3)sc2c1. The number of nitrogens with one attached hydrogen (secondary N) is 1. The number of nitrogens with two attached hydrogens (primary N) is 1. The van der Waals surface area contributed by atoms with E-state index < -0.39 is 0 Å². The van der Waals surface area contributed by atoms with Gasteiger partial charge in [-0.15, -0.1) is 11.3 Å². The lowest BCUT2D eigenvalue weighted by Crippen LogP contribution is -2.47. The Bertz CT molecular complexity index is 747. The first-order valence-electron chi connectivity index (χ1n) is 9.92. The molecule has 5 heteroatoms. The second-order valence-corrected chi connectivity index (χ2v) is 9.01. The minimum Gasteiger partial charge on any atom is -0.356 e. The lowest BCUT2D eigenvalue weighted by molar-refractivity contribution is -0.132. The molecule has 0 radical (unpaired) electrons. The predicted octanol–water partition coefficient (Wildman–Crippen LogP) is 4.38. The Morgan fingerprint density at radius 3 is 2.77 bits per heavy atom. The Kier molecular flexibility index (Phi) is 6.30. The van der Waals surface area contributed by atoms with Crippen LogP contribution in [-0.2, 0) is 11.2 Å². The fourth-order valence-corrected chi connectivity index (χ4v) is 4.89. The molecule has 1 amide bonds. The maximum Gasteiger partial charge on any atom is 0.227 e. The number of fused-ring (bicyclic) bond motifs is 1. The largest absolute Gasteiger partial charge is 0.356 e. The highest BCUT2D eigenvalue weighted by Gasteiger charge is 2.37. The van der Waals surface area contributed by atoms with Crippen LogP contribution < -0.4 is 11.1 Å². The zero-order chi connectivity index (χ0) is 18.6. The van der Waals surface area contributed by atoms with E-state index >= 15 is 0 Å². The van der Waals surface area contributed by atoms with Gasteiger partial charge in [-0.2, -0.15) is 0 Å². The van der Waals surface area contributed by atoms with Crippen molar-refractivity contribution in [3.63, 3.8) is 0 Å². The highest BCUT2D eigenvalue weighted by molar-refractivity contribution is 7.18. The van der Waals surface area contributed by atoms with Crippen LogP contribution in [0, 0.1) is 5.41 Å². The number of benzene rings is 1. The average Bonchev–Trinajstić information content (AvgIpc) is 3.07. The van der Waals surface area contributed by atoms with Crippen molar-refractivity contribution in [2.75, 3.05) is 13.1 Å². The van der Waals surface area contributed by atoms with E-state index in [1.165, 1.54) is 16.7 Å². The number of amides is 1. The highest BCUT2D eigenvalue weighted by atomic mass is 32.1. The van der Waals surface area contributed by atoms with Gasteiger partial charge in [0.25, 0.3) is 0 Å². The lowest BCUT2D eigenvalue weighted by atomic mass is 9.73. The number of rotatable bonds is 7. The molecule has 1 saturated carbocycles. The van der Waals surface area contributed by atoms with Gasteiger partial charge in [0.15, 0.2) is 0 Å². The van der Waals surface area contributed by atoms with Crippen LogP contribution in [0.1, 0.15) is 68.9 Å². The van der Waals surface area contributed by atoms with E-state index in [0.29, 0.717) is 19.0 Å². The van der Waals surface area contributed by atoms with Gasteiger partial charge in [-0.25, -0.2) is 4.98 Å². The van der Waals surface area contributed by atoms with Crippen LogP contribution in [0.3, 0.4) is 0 Å². The van der Waals surface area contributed by atoms with Gasteiger partial charge in [0.2, 0.25) is 5.91 Å². The summed E-state index contributed by atoms with van der Waals surface area (Å²) < 4.78 is 1.26. The number of thiazole rings is 1. The molecule has 1 fully saturated rings. The third-order valence-corrected chi connectivity index (χ3v) is 6.74. The Balaban J connectivity index is 1.51. The minimum atomic E-state index is -0.318. The molecule has 1 heterocycles. The van der Waals surface area contributed by atoms with Crippen molar-refractivity contribution in [1.29, 1.82) is 0 Å². The van der Waals surface area contributed by atoms with E-state index in [2.05, 4.69) is 37.4 Å². The second-order valence-electron chi connectivity index (χ2n) is 7.89. The first-order valence-corrected chi connectivity index (χ1v) is 10.7. The number of hydrogen-bond acceptors (Lipinski definition) is 4. The van der Waals surface area contributed by atoms with Crippen molar-refractivity contribution in [1.82, 2.24) is 10.3 Å². The topological polar surface area (TPSA) is 68.0 Å². The van der Waals surface area contributed by atoms with E-state index in [9.17, 15) is 4.79 Å². The minimum absolute atomic E-state index is 0.158. The summed E-state index contributed by atoms with van der Waals surface area (Å²) in [6.07, 6.45) is 7.17. The standard InChI is InChI=1S/C21H31N3OS/c1-15(2)16-8-9-17-18(13-16)26-19(24-17)7-6-12-23-20(25)21(14-22)10-4-3-5-11-21/h8-9,13,15H,3-7,10-12,14,22H2,1-2H3,(H,23,25). The average molecular weight is 374 g/mol. The van der Waals surface area contributed by atoms with Gasteiger partial charge in [-0.1, -0.05) is 39.2 Å². The van der Waals surface area contributed by atoms with Crippen molar-refractivity contribution >= 4 is 27.5 Å². The first kappa shape index (κ1) is 19.3. The quantitative estimate of drug-likeness (QED) is 0.708. The van der Waals surface area contributed by atoms with Crippen molar-refractivity contribution < 1.29 is 4.79 Å². The number of aryl methyl sites for hydroxylation is 1. The van der Waals surface area contributed by atoms with Crippen molar-refractivity contribution in [3.8, 4) is 0 Å². The molecule has 0 atom stereocenters. The summed E-state index contributed by atoms with van der Waals surface area (Å²) >= 11 is 1.78. The molecule has 1 aliphatic rings. The normalized spacial score (nSPS) is 16.9. The van der Waals surface area contributed by atoms with Gasteiger partial charge >= 0.3 is 0 Å². The first-order chi connectivity index (χ1) is 12.5. The van der Waals surface area contributed by atoms with Gasteiger partial charge in [0.05, 0.1) is 20.6 Å². The van der Waals surface area contributed by atoms with Crippen LogP contribution in [0.5, 0.6) is 0 Å². The van der Waals surface area contributed by atoms with Crippen molar-refractivity contribution in [2.24, 2.45) is 11.1 Å². The molecule has 26 heavy (non-hydrogen) atoms. The molecular weight excluding hydrogens is 342 g/mol. The fourth-order valence-electron chi connectivity index (χ4n) is 3.84. The third kappa shape index (κ3) is 4.26. The maximum absolute atomic E-state index is 12.6. The molecule has 0 aliphatic heterocycles. The summed E-state index contributed by atoms with van der Waals surface area (Å²) in [5.74, 6) is 0.695. The number of nitrogens with zero attached hydrogens (tertiary/aromatic N) is 1. The summed E-state index contributed by atoms with van der Waals surface area (Å²) in [5, 5.41) is 4.28. The molecular formula is C21H31N3OS. The van der Waals surface area contributed by atoms with Crippen LogP contribution in [-0.4, -0.2) is 24.0 Å². The van der Waals surface area contributed by atoms with Crippen LogP contribution >= 0.6 is 11.3 Å². The van der Waals surface area contributed by atoms with E-state index in [0.717, 1.165) is 49.0 Å². The van der Waals surface area contributed by atoms with E-state index in [-0.39, 0.29) is 11.3 Å². The van der Waals surface area contributed by atoms with Crippen LogP contribution in [0.4, 0.5) is 0 Å². The second kappa shape index (κ2) is 8.49. The van der Waals surface area contributed by atoms with Gasteiger partial charge in [-0.05, 0) is 42.9 Å². The maximum atomic E-state index is 12.6. The Hall–Kier alpha value is -1.46. The Morgan fingerprint density at radius 1 is 1.31 bits per heavy atom. The summed E-state index contributed by atoms with van der Waals surface area (Å²) in [7, 11) is 0. The summed E-state index contributed by atoms with van der Waals surface area (Å²) in [4.78, 5) is 17.3. The summed E-state index contributed by atoms with van der Waals surface area (Å²) in [6, 6.07) is 6.56. The third-order valence-electron chi connectivity index (χ3n) is 5.66. The summed E-state index contributed by atoms with van der Waals surface area (Å²) in [5.41, 5.74) is 8.07. The zero-order valence-electron chi connectivity index (χ0n) is 16.0. The van der Waals surface area contributed by atoms with E-state index in [4.69, 9.17) is 10.7 Å². The molecule has 1 aliphatic carbocycles. The van der Waals surface area contributed by atoms with Gasteiger partial charge in [0.1, 0.15) is 0 Å². The highest BCUT2D eigenvalue weighted by Crippen LogP contribution is 2.35. The number of carbonyl (C=O) groups excluding carboxylic acids is 1.